The van der Waals surface area contributed by atoms with Crippen LogP contribution in [0.5, 0.6) is 0 Å². The monoisotopic (exact) mass is 303 g/mol. The minimum atomic E-state index is 0.507. The number of nitrogens with zero attached hydrogens (tertiary/aromatic N) is 4. The topological polar surface area (TPSA) is 53.9 Å². The van der Waals surface area contributed by atoms with E-state index in [-0.39, 0.29) is 0 Å². The summed E-state index contributed by atoms with van der Waals surface area (Å²) in [6.45, 7) is 7.25. The largest absolute Gasteiger partial charge is 0.367 e. The third-order valence-electron chi connectivity index (χ3n) is 3.80. The van der Waals surface area contributed by atoms with Crippen molar-refractivity contribution in [3.63, 3.8) is 0 Å². The Bertz CT molecular complexity index is 589. The van der Waals surface area contributed by atoms with Gasteiger partial charge in [-0.25, -0.2) is 15.0 Å². The molecule has 5 nitrogen and oxygen atoms in total. The second-order valence-electron chi connectivity index (χ2n) is 5.60. The number of hydrogen-bond acceptors (Lipinski definition) is 6. The van der Waals surface area contributed by atoms with Crippen LogP contribution in [0.2, 0.25) is 0 Å². The van der Waals surface area contributed by atoms with E-state index in [1.54, 1.807) is 17.7 Å². The lowest BCUT2D eigenvalue weighted by Gasteiger charge is -2.32. The smallest absolute Gasteiger partial charge is 0.129 e. The fraction of sp³-hybridized carbons (Fsp3) is 0.533. The minimum Gasteiger partial charge on any atom is -0.367 e. The summed E-state index contributed by atoms with van der Waals surface area (Å²) in [5, 5.41) is 6.84. The lowest BCUT2D eigenvalue weighted by Crippen LogP contribution is -2.38. The zero-order valence-corrected chi connectivity index (χ0v) is 13.4. The average molecular weight is 303 g/mol. The van der Waals surface area contributed by atoms with Crippen molar-refractivity contribution in [3.05, 3.63) is 34.2 Å². The van der Waals surface area contributed by atoms with E-state index < -0.39 is 0 Å². The molecule has 0 radical (unpaired) electrons. The van der Waals surface area contributed by atoms with Crippen molar-refractivity contribution in [2.75, 3.05) is 18.4 Å². The number of anilines is 1. The van der Waals surface area contributed by atoms with E-state index in [2.05, 4.69) is 37.5 Å². The second kappa shape index (κ2) is 6.49. The predicted octanol–water partition coefficient (Wildman–Crippen LogP) is 2.63. The summed E-state index contributed by atoms with van der Waals surface area (Å²) in [5.41, 5.74) is 2.21. The molecule has 2 aromatic rings. The first-order valence-corrected chi connectivity index (χ1v) is 8.25. The van der Waals surface area contributed by atoms with Crippen LogP contribution in [-0.2, 0) is 6.54 Å². The molecule has 2 aromatic heterocycles. The molecule has 0 bridgehead atoms. The van der Waals surface area contributed by atoms with Crippen LogP contribution in [-0.4, -0.2) is 39.0 Å². The molecule has 112 valence electrons. The molecule has 1 fully saturated rings. The number of thiazole rings is 1. The Labute approximate surface area is 129 Å². The lowest BCUT2D eigenvalue weighted by atomic mass is 10.0. The van der Waals surface area contributed by atoms with Gasteiger partial charge in [0.05, 0.1) is 10.7 Å². The van der Waals surface area contributed by atoms with Gasteiger partial charge >= 0.3 is 0 Å². The summed E-state index contributed by atoms with van der Waals surface area (Å²) >= 11 is 1.73. The highest BCUT2D eigenvalue weighted by Gasteiger charge is 2.20. The van der Waals surface area contributed by atoms with Crippen LogP contribution in [0.3, 0.4) is 0 Å². The number of piperidine rings is 1. The standard InChI is InChI=1S/C15H21N5S/c1-11-7-15(17-10-16-11)19-13-3-5-20(6-4-13)8-14-9-21-12(2)18-14/h7,9-10,13H,3-6,8H2,1-2H3,(H,16,17,19). The van der Waals surface area contributed by atoms with Crippen molar-refractivity contribution in [3.8, 4) is 0 Å². The number of likely N-dealkylation sites (tertiary alicyclic amines) is 1. The van der Waals surface area contributed by atoms with Crippen LogP contribution in [0.4, 0.5) is 5.82 Å². The number of aryl methyl sites for hydroxylation is 2. The molecule has 6 heteroatoms. The molecule has 0 spiro atoms. The Balaban J connectivity index is 1.48. The first-order valence-electron chi connectivity index (χ1n) is 7.37. The van der Waals surface area contributed by atoms with Gasteiger partial charge in [-0.1, -0.05) is 0 Å². The van der Waals surface area contributed by atoms with Crippen molar-refractivity contribution < 1.29 is 0 Å². The fourth-order valence-electron chi connectivity index (χ4n) is 2.69. The number of hydrogen-bond donors (Lipinski definition) is 1. The van der Waals surface area contributed by atoms with Gasteiger partial charge in [-0.15, -0.1) is 11.3 Å². The molecule has 1 aliphatic heterocycles. The van der Waals surface area contributed by atoms with Crippen LogP contribution < -0.4 is 5.32 Å². The van der Waals surface area contributed by atoms with Gasteiger partial charge in [-0.2, -0.15) is 0 Å². The van der Waals surface area contributed by atoms with Gasteiger partial charge in [0.2, 0.25) is 0 Å². The molecule has 1 aliphatic rings. The first-order chi connectivity index (χ1) is 10.2. The summed E-state index contributed by atoms with van der Waals surface area (Å²) in [5.74, 6) is 0.941. The summed E-state index contributed by atoms with van der Waals surface area (Å²) in [6.07, 6.45) is 3.91. The molecule has 3 heterocycles. The quantitative estimate of drug-likeness (QED) is 0.941. The zero-order chi connectivity index (χ0) is 14.7. The Hall–Kier alpha value is -1.53. The summed E-state index contributed by atoms with van der Waals surface area (Å²) < 4.78 is 0. The maximum Gasteiger partial charge on any atom is 0.129 e. The Morgan fingerprint density at radius 3 is 2.76 bits per heavy atom. The molecule has 1 N–H and O–H groups in total. The SMILES string of the molecule is Cc1cc(NC2CCN(Cc3csc(C)n3)CC2)ncn1. The molecule has 3 rings (SSSR count). The third kappa shape index (κ3) is 3.98. The fourth-order valence-corrected chi connectivity index (χ4v) is 3.29. The molecule has 0 unspecified atom stereocenters. The molecule has 0 amide bonds. The average Bonchev–Trinajstić information content (AvgIpc) is 2.86. The number of rotatable bonds is 4. The molecule has 1 saturated heterocycles. The predicted molar refractivity (Wildman–Crippen MR) is 85.5 cm³/mol. The second-order valence-corrected chi connectivity index (χ2v) is 6.66. The highest BCUT2D eigenvalue weighted by Crippen LogP contribution is 2.18. The maximum absolute atomic E-state index is 4.55. The van der Waals surface area contributed by atoms with Crippen molar-refractivity contribution in [1.82, 2.24) is 19.9 Å². The first kappa shape index (κ1) is 14.4. The summed E-state index contributed by atoms with van der Waals surface area (Å²) in [7, 11) is 0. The molecular formula is C15H21N5S. The van der Waals surface area contributed by atoms with Gasteiger partial charge in [0.1, 0.15) is 12.1 Å². The van der Waals surface area contributed by atoms with E-state index in [9.17, 15) is 0 Å². The van der Waals surface area contributed by atoms with Crippen molar-refractivity contribution in [1.29, 1.82) is 0 Å². The Morgan fingerprint density at radius 1 is 1.29 bits per heavy atom. The van der Waals surface area contributed by atoms with Gasteiger partial charge in [0.15, 0.2) is 0 Å². The van der Waals surface area contributed by atoms with E-state index >= 15 is 0 Å². The van der Waals surface area contributed by atoms with E-state index in [1.165, 1.54) is 5.69 Å². The number of nitrogens with one attached hydrogen (secondary N) is 1. The van der Waals surface area contributed by atoms with Gasteiger partial charge in [0.25, 0.3) is 0 Å². The van der Waals surface area contributed by atoms with E-state index in [4.69, 9.17) is 0 Å². The van der Waals surface area contributed by atoms with Gasteiger partial charge in [-0.3, -0.25) is 4.90 Å². The zero-order valence-electron chi connectivity index (χ0n) is 12.5. The Kier molecular flexibility index (Phi) is 4.45. The normalized spacial score (nSPS) is 17.0. The molecule has 0 aromatic carbocycles. The van der Waals surface area contributed by atoms with Gasteiger partial charge < -0.3 is 5.32 Å². The van der Waals surface area contributed by atoms with Crippen LogP contribution in [0.25, 0.3) is 0 Å². The van der Waals surface area contributed by atoms with Crippen LogP contribution >= 0.6 is 11.3 Å². The van der Waals surface area contributed by atoms with E-state index in [0.29, 0.717) is 6.04 Å². The highest BCUT2D eigenvalue weighted by molar-refractivity contribution is 7.09. The van der Waals surface area contributed by atoms with Crippen molar-refractivity contribution in [2.24, 2.45) is 0 Å². The summed E-state index contributed by atoms with van der Waals surface area (Å²) in [6, 6.07) is 2.51. The highest BCUT2D eigenvalue weighted by atomic mass is 32.1. The molecule has 0 atom stereocenters. The molecule has 0 aliphatic carbocycles. The van der Waals surface area contributed by atoms with Crippen LogP contribution in [0.15, 0.2) is 17.8 Å². The summed E-state index contributed by atoms with van der Waals surface area (Å²) in [4.78, 5) is 15.4. The third-order valence-corrected chi connectivity index (χ3v) is 4.62. The maximum atomic E-state index is 4.55. The minimum absolute atomic E-state index is 0.507. The van der Waals surface area contributed by atoms with Crippen LogP contribution in [0.1, 0.15) is 29.2 Å². The van der Waals surface area contributed by atoms with Crippen molar-refractivity contribution in [2.45, 2.75) is 39.3 Å². The lowest BCUT2D eigenvalue weighted by molar-refractivity contribution is 0.209. The van der Waals surface area contributed by atoms with E-state index in [0.717, 1.165) is 49.0 Å². The molecule has 0 saturated carbocycles. The van der Waals surface area contributed by atoms with E-state index in [1.807, 2.05) is 13.0 Å². The molecular weight excluding hydrogens is 282 g/mol. The van der Waals surface area contributed by atoms with Crippen LogP contribution in [0, 0.1) is 13.8 Å². The molecule has 21 heavy (non-hydrogen) atoms. The Morgan fingerprint density at radius 2 is 2.10 bits per heavy atom. The number of aromatic nitrogens is 3. The van der Waals surface area contributed by atoms with Crippen molar-refractivity contribution >= 4 is 17.2 Å². The van der Waals surface area contributed by atoms with Gasteiger partial charge in [-0.05, 0) is 26.7 Å². The van der Waals surface area contributed by atoms with Gasteiger partial charge in [0, 0.05) is 42.8 Å².